The van der Waals surface area contributed by atoms with Gasteiger partial charge in [0.15, 0.2) is 5.96 Å². The predicted octanol–water partition coefficient (Wildman–Crippen LogP) is 1.94. The molecule has 0 saturated heterocycles. The summed E-state index contributed by atoms with van der Waals surface area (Å²) in [4.78, 5) is 4.25. The van der Waals surface area contributed by atoms with Gasteiger partial charge in [-0.15, -0.1) is 0 Å². The molecule has 0 aliphatic heterocycles. The minimum absolute atomic E-state index is 0.518. The van der Waals surface area contributed by atoms with Crippen LogP contribution < -0.4 is 10.6 Å². The van der Waals surface area contributed by atoms with E-state index in [0.717, 1.165) is 43.3 Å². The quantitative estimate of drug-likeness (QED) is 0.412. The standard InChI is InChI=1S/C18H29N5O2/c1-14-17(15(2)23(4)22-14)8-10-21-18(19-3)20-9-6-11-24-13-16-7-5-12-25-16/h5,7,12H,6,8-11,13H2,1-4H3,(H2,19,20,21). The summed E-state index contributed by atoms with van der Waals surface area (Å²) in [6.45, 7) is 6.98. The SMILES string of the molecule is CN=C(NCCCOCc1ccco1)NCCc1c(C)nn(C)c1C. The first-order chi connectivity index (χ1) is 12.1. The van der Waals surface area contributed by atoms with Crippen LogP contribution in [-0.2, 0) is 24.8 Å². The summed E-state index contributed by atoms with van der Waals surface area (Å²) in [6.07, 6.45) is 3.49. The topological polar surface area (TPSA) is 76.6 Å². The zero-order valence-corrected chi connectivity index (χ0v) is 15.6. The summed E-state index contributed by atoms with van der Waals surface area (Å²) < 4.78 is 12.7. The molecular weight excluding hydrogens is 318 g/mol. The first-order valence-corrected chi connectivity index (χ1v) is 8.65. The Morgan fingerprint density at radius 1 is 1.32 bits per heavy atom. The molecule has 0 spiro atoms. The van der Waals surface area contributed by atoms with Crippen LogP contribution in [0.1, 0.15) is 29.1 Å². The van der Waals surface area contributed by atoms with Crippen molar-refractivity contribution >= 4 is 5.96 Å². The van der Waals surface area contributed by atoms with E-state index in [1.54, 1.807) is 13.3 Å². The number of furan rings is 1. The van der Waals surface area contributed by atoms with Crippen molar-refractivity contribution in [2.75, 3.05) is 26.7 Å². The number of aliphatic imine (C=N–C) groups is 1. The van der Waals surface area contributed by atoms with Crippen LogP contribution in [0.5, 0.6) is 0 Å². The molecule has 0 saturated carbocycles. The second-order valence-electron chi connectivity index (χ2n) is 5.93. The molecule has 7 heteroatoms. The van der Waals surface area contributed by atoms with Gasteiger partial charge in [0, 0.05) is 39.5 Å². The minimum atomic E-state index is 0.518. The van der Waals surface area contributed by atoms with Crippen molar-refractivity contribution in [3.63, 3.8) is 0 Å². The van der Waals surface area contributed by atoms with Crippen molar-refractivity contribution in [3.05, 3.63) is 41.1 Å². The van der Waals surface area contributed by atoms with Crippen LogP contribution in [0, 0.1) is 13.8 Å². The average Bonchev–Trinajstić information content (AvgIpc) is 3.19. The van der Waals surface area contributed by atoms with Gasteiger partial charge >= 0.3 is 0 Å². The third-order valence-electron chi connectivity index (χ3n) is 4.13. The van der Waals surface area contributed by atoms with E-state index in [4.69, 9.17) is 9.15 Å². The molecule has 0 amide bonds. The molecule has 0 aliphatic rings. The Bertz CT molecular complexity index is 661. The van der Waals surface area contributed by atoms with E-state index in [-0.39, 0.29) is 0 Å². The Labute approximate surface area is 149 Å². The van der Waals surface area contributed by atoms with Gasteiger partial charge in [-0.05, 0) is 44.4 Å². The van der Waals surface area contributed by atoms with E-state index in [1.165, 1.54) is 11.3 Å². The Kier molecular flexibility index (Phi) is 7.53. The van der Waals surface area contributed by atoms with E-state index in [9.17, 15) is 0 Å². The summed E-state index contributed by atoms with van der Waals surface area (Å²) in [5.74, 6) is 1.66. The van der Waals surface area contributed by atoms with Gasteiger partial charge in [-0.25, -0.2) is 0 Å². The summed E-state index contributed by atoms with van der Waals surface area (Å²) in [5.41, 5.74) is 3.62. The maximum Gasteiger partial charge on any atom is 0.190 e. The molecule has 2 N–H and O–H groups in total. The number of rotatable bonds is 9. The Morgan fingerprint density at radius 3 is 2.76 bits per heavy atom. The zero-order valence-electron chi connectivity index (χ0n) is 15.6. The molecular formula is C18H29N5O2. The number of aromatic nitrogens is 2. The zero-order chi connectivity index (χ0) is 18.1. The molecule has 0 fully saturated rings. The van der Waals surface area contributed by atoms with Gasteiger partial charge in [0.05, 0.1) is 12.0 Å². The monoisotopic (exact) mass is 347 g/mol. The molecule has 7 nitrogen and oxygen atoms in total. The molecule has 138 valence electrons. The molecule has 2 heterocycles. The third kappa shape index (κ3) is 5.94. The third-order valence-corrected chi connectivity index (χ3v) is 4.13. The van der Waals surface area contributed by atoms with Gasteiger partial charge in [-0.3, -0.25) is 9.67 Å². The summed E-state index contributed by atoms with van der Waals surface area (Å²) in [6, 6.07) is 3.78. The molecule has 0 unspecified atom stereocenters. The molecule has 0 bridgehead atoms. The number of hydrogen-bond acceptors (Lipinski definition) is 4. The van der Waals surface area contributed by atoms with Gasteiger partial charge in [0.2, 0.25) is 0 Å². The van der Waals surface area contributed by atoms with Gasteiger partial charge < -0.3 is 19.8 Å². The lowest BCUT2D eigenvalue weighted by atomic mass is 10.1. The van der Waals surface area contributed by atoms with Crippen LogP contribution in [0.3, 0.4) is 0 Å². The lowest BCUT2D eigenvalue weighted by Crippen LogP contribution is -2.39. The summed E-state index contributed by atoms with van der Waals surface area (Å²) >= 11 is 0. The molecule has 0 aliphatic carbocycles. The number of hydrogen-bond donors (Lipinski definition) is 2. The number of guanidine groups is 1. The van der Waals surface area contributed by atoms with Crippen LogP contribution in [-0.4, -0.2) is 42.5 Å². The second kappa shape index (κ2) is 9.88. The highest BCUT2D eigenvalue weighted by atomic mass is 16.5. The maximum absolute atomic E-state index is 5.56. The van der Waals surface area contributed by atoms with E-state index in [1.807, 2.05) is 23.9 Å². The van der Waals surface area contributed by atoms with Crippen LogP contribution in [0.15, 0.2) is 27.8 Å². The smallest absolute Gasteiger partial charge is 0.190 e. The second-order valence-corrected chi connectivity index (χ2v) is 5.93. The van der Waals surface area contributed by atoms with Crippen molar-refractivity contribution in [2.24, 2.45) is 12.0 Å². The van der Waals surface area contributed by atoms with Crippen LogP contribution in [0.4, 0.5) is 0 Å². The van der Waals surface area contributed by atoms with Crippen molar-refractivity contribution < 1.29 is 9.15 Å². The summed E-state index contributed by atoms with van der Waals surface area (Å²) in [5, 5.41) is 11.1. The highest BCUT2D eigenvalue weighted by molar-refractivity contribution is 5.79. The number of nitrogens with zero attached hydrogens (tertiary/aromatic N) is 3. The average molecular weight is 347 g/mol. The largest absolute Gasteiger partial charge is 0.467 e. The fraction of sp³-hybridized carbons (Fsp3) is 0.556. The Hall–Kier alpha value is -2.28. The van der Waals surface area contributed by atoms with E-state index in [0.29, 0.717) is 13.2 Å². The molecule has 2 rings (SSSR count). The van der Waals surface area contributed by atoms with E-state index < -0.39 is 0 Å². The summed E-state index contributed by atoms with van der Waals surface area (Å²) in [7, 11) is 3.76. The van der Waals surface area contributed by atoms with Crippen LogP contribution >= 0.6 is 0 Å². The van der Waals surface area contributed by atoms with Crippen molar-refractivity contribution in [2.45, 2.75) is 33.3 Å². The van der Waals surface area contributed by atoms with Gasteiger partial charge in [-0.1, -0.05) is 0 Å². The molecule has 0 atom stereocenters. The maximum atomic E-state index is 5.56. The first-order valence-electron chi connectivity index (χ1n) is 8.65. The molecule has 0 aromatic carbocycles. The normalized spacial score (nSPS) is 11.8. The van der Waals surface area contributed by atoms with Gasteiger partial charge in [0.1, 0.15) is 12.4 Å². The predicted molar refractivity (Wildman–Crippen MR) is 98.7 cm³/mol. The van der Waals surface area contributed by atoms with Crippen molar-refractivity contribution in [1.29, 1.82) is 0 Å². The molecule has 0 radical (unpaired) electrons. The lowest BCUT2D eigenvalue weighted by molar-refractivity contribution is 0.105. The van der Waals surface area contributed by atoms with Crippen LogP contribution in [0.2, 0.25) is 0 Å². The fourth-order valence-corrected chi connectivity index (χ4v) is 2.65. The van der Waals surface area contributed by atoms with Gasteiger partial charge in [0.25, 0.3) is 0 Å². The Balaban J connectivity index is 1.59. The molecule has 2 aromatic heterocycles. The van der Waals surface area contributed by atoms with Crippen molar-refractivity contribution in [1.82, 2.24) is 20.4 Å². The molecule has 25 heavy (non-hydrogen) atoms. The number of nitrogens with one attached hydrogen (secondary N) is 2. The first kappa shape index (κ1) is 19.1. The number of ether oxygens (including phenoxy) is 1. The highest BCUT2D eigenvalue weighted by Gasteiger charge is 2.08. The van der Waals surface area contributed by atoms with E-state index >= 15 is 0 Å². The van der Waals surface area contributed by atoms with Gasteiger partial charge in [-0.2, -0.15) is 5.10 Å². The highest BCUT2D eigenvalue weighted by Crippen LogP contribution is 2.11. The number of aryl methyl sites for hydroxylation is 2. The van der Waals surface area contributed by atoms with Crippen molar-refractivity contribution in [3.8, 4) is 0 Å². The fourth-order valence-electron chi connectivity index (χ4n) is 2.65. The van der Waals surface area contributed by atoms with E-state index in [2.05, 4.69) is 34.6 Å². The Morgan fingerprint density at radius 2 is 2.12 bits per heavy atom. The lowest BCUT2D eigenvalue weighted by Gasteiger charge is -2.12. The molecule has 2 aromatic rings. The van der Waals surface area contributed by atoms with Crippen LogP contribution in [0.25, 0.3) is 0 Å². The minimum Gasteiger partial charge on any atom is -0.467 e.